The number of carbonyl (C=O) groups excluding carboxylic acids is 1. The molecule has 0 aromatic rings. The van der Waals surface area contributed by atoms with Crippen LogP contribution in [0.1, 0.15) is 73.1 Å². The average molecular weight is 298 g/mol. The van der Waals surface area contributed by atoms with Gasteiger partial charge in [-0.25, -0.2) is 4.79 Å². The molecule has 1 atom stereocenters. The van der Waals surface area contributed by atoms with Crippen molar-refractivity contribution >= 4 is 6.09 Å². The first-order valence-corrected chi connectivity index (χ1v) is 8.48. The smallest absolute Gasteiger partial charge is 0.407 e. The van der Waals surface area contributed by atoms with Crippen molar-refractivity contribution in [1.29, 1.82) is 0 Å². The third-order valence-corrected chi connectivity index (χ3v) is 4.14. The quantitative estimate of drug-likeness (QED) is 0.750. The summed E-state index contributed by atoms with van der Waals surface area (Å²) < 4.78 is 5.33. The molecule has 4 nitrogen and oxygen atoms in total. The Morgan fingerprint density at radius 3 is 2.43 bits per heavy atom. The number of nitrogens with one attached hydrogen (secondary N) is 2. The monoisotopic (exact) mass is 298 g/mol. The molecule has 1 rings (SSSR count). The zero-order valence-electron chi connectivity index (χ0n) is 14.6. The molecule has 0 heterocycles. The molecule has 1 fully saturated rings. The summed E-state index contributed by atoms with van der Waals surface area (Å²) in [6.07, 6.45) is 6.94. The summed E-state index contributed by atoms with van der Waals surface area (Å²) in [7, 11) is 0. The van der Waals surface area contributed by atoms with Crippen molar-refractivity contribution < 1.29 is 9.53 Å². The molecule has 0 aromatic carbocycles. The van der Waals surface area contributed by atoms with Crippen LogP contribution in [0.25, 0.3) is 0 Å². The van der Waals surface area contributed by atoms with Crippen LogP contribution in [0.2, 0.25) is 0 Å². The van der Waals surface area contributed by atoms with Crippen LogP contribution in [0.15, 0.2) is 0 Å². The lowest BCUT2D eigenvalue weighted by atomic mass is 9.95. The molecule has 2 N–H and O–H groups in total. The number of alkyl carbamates (subject to hydrolysis) is 1. The van der Waals surface area contributed by atoms with Crippen molar-refractivity contribution in [2.45, 2.75) is 84.3 Å². The highest BCUT2D eigenvalue weighted by Gasteiger charge is 2.34. The Morgan fingerprint density at radius 2 is 1.90 bits per heavy atom. The van der Waals surface area contributed by atoms with Gasteiger partial charge in [0.1, 0.15) is 5.60 Å². The summed E-state index contributed by atoms with van der Waals surface area (Å²) in [5, 5.41) is 6.68. The maximum atomic E-state index is 11.8. The second-order valence-corrected chi connectivity index (χ2v) is 7.62. The molecular weight excluding hydrogens is 264 g/mol. The van der Waals surface area contributed by atoms with Crippen LogP contribution in [0.5, 0.6) is 0 Å². The van der Waals surface area contributed by atoms with Gasteiger partial charge in [0, 0.05) is 12.1 Å². The molecule has 0 aliphatic heterocycles. The Morgan fingerprint density at radius 1 is 1.29 bits per heavy atom. The SMILES string of the molecule is CCCC(C)CNC1(CNC(=O)OC(C)(C)C)CCCC1. The highest BCUT2D eigenvalue weighted by molar-refractivity contribution is 5.67. The van der Waals surface area contributed by atoms with E-state index in [2.05, 4.69) is 24.5 Å². The van der Waals surface area contributed by atoms with E-state index in [1.54, 1.807) is 0 Å². The van der Waals surface area contributed by atoms with E-state index < -0.39 is 5.60 Å². The molecular formula is C17H34N2O2. The standard InChI is InChI=1S/C17H34N2O2/c1-6-9-14(2)12-19-17(10-7-8-11-17)13-18-15(20)21-16(3,4)5/h14,19H,6-13H2,1-5H3,(H,18,20). The fourth-order valence-electron chi connectivity index (χ4n) is 3.01. The second-order valence-electron chi connectivity index (χ2n) is 7.62. The van der Waals surface area contributed by atoms with Crippen LogP contribution in [0, 0.1) is 5.92 Å². The molecule has 1 amide bonds. The van der Waals surface area contributed by atoms with Gasteiger partial charge in [-0.05, 0) is 52.5 Å². The number of hydrogen-bond donors (Lipinski definition) is 2. The fraction of sp³-hybridized carbons (Fsp3) is 0.941. The van der Waals surface area contributed by atoms with E-state index in [1.807, 2.05) is 20.8 Å². The van der Waals surface area contributed by atoms with E-state index in [0.29, 0.717) is 12.5 Å². The van der Waals surface area contributed by atoms with E-state index >= 15 is 0 Å². The van der Waals surface area contributed by atoms with Gasteiger partial charge in [0.05, 0.1) is 0 Å². The molecule has 1 aliphatic rings. The highest BCUT2D eigenvalue weighted by Crippen LogP contribution is 2.29. The van der Waals surface area contributed by atoms with Crippen molar-refractivity contribution in [3.8, 4) is 0 Å². The minimum absolute atomic E-state index is 0.0684. The fourth-order valence-corrected chi connectivity index (χ4v) is 3.01. The predicted octanol–water partition coefficient (Wildman–Crippen LogP) is 3.85. The molecule has 21 heavy (non-hydrogen) atoms. The third kappa shape index (κ3) is 7.16. The summed E-state index contributed by atoms with van der Waals surface area (Å²) in [6.45, 7) is 11.9. The van der Waals surface area contributed by atoms with Gasteiger partial charge >= 0.3 is 6.09 Å². The minimum Gasteiger partial charge on any atom is -0.444 e. The number of carbonyl (C=O) groups is 1. The normalized spacial score (nSPS) is 19.3. The van der Waals surface area contributed by atoms with E-state index in [4.69, 9.17) is 4.74 Å². The van der Waals surface area contributed by atoms with E-state index in [-0.39, 0.29) is 11.6 Å². The van der Waals surface area contributed by atoms with Gasteiger partial charge in [-0.15, -0.1) is 0 Å². The highest BCUT2D eigenvalue weighted by atomic mass is 16.6. The molecule has 0 radical (unpaired) electrons. The Labute approximate surface area is 130 Å². The van der Waals surface area contributed by atoms with Crippen molar-refractivity contribution in [3.05, 3.63) is 0 Å². The van der Waals surface area contributed by atoms with Crippen molar-refractivity contribution in [2.24, 2.45) is 5.92 Å². The first-order chi connectivity index (χ1) is 9.76. The molecule has 124 valence electrons. The summed E-state index contributed by atoms with van der Waals surface area (Å²) in [4.78, 5) is 11.8. The predicted molar refractivity (Wildman–Crippen MR) is 87.5 cm³/mol. The summed E-state index contributed by atoms with van der Waals surface area (Å²) in [5.74, 6) is 0.689. The van der Waals surface area contributed by atoms with Gasteiger partial charge in [0.2, 0.25) is 0 Å². The topological polar surface area (TPSA) is 50.4 Å². The zero-order valence-corrected chi connectivity index (χ0v) is 14.6. The Bertz CT molecular complexity index is 317. The van der Waals surface area contributed by atoms with Gasteiger partial charge in [0.15, 0.2) is 0 Å². The third-order valence-electron chi connectivity index (χ3n) is 4.14. The first kappa shape index (κ1) is 18.3. The van der Waals surface area contributed by atoms with E-state index in [1.165, 1.54) is 25.7 Å². The largest absolute Gasteiger partial charge is 0.444 e. The van der Waals surface area contributed by atoms with Crippen LogP contribution in [0.4, 0.5) is 4.79 Å². The molecule has 1 aliphatic carbocycles. The molecule has 4 heteroatoms. The number of rotatable bonds is 7. The molecule has 0 spiro atoms. The van der Waals surface area contributed by atoms with Crippen LogP contribution >= 0.6 is 0 Å². The van der Waals surface area contributed by atoms with Gasteiger partial charge < -0.3 is 15.4 Å². The summed E-state index contributed by atoms with van der Waals surface area (Å²) in [6, 6.07) is 0. The molecule has 0 bridgehead atoms. The number of hydrogen-bond acceptors (Lipinski definition) is 3. The van der Waals surface area contributed by atoms with E-state index in [9.17, 15) is 4.79 Å². The molecule has 1 saturated carbocycles. The van der Waals surface area contributed by atoms with Gasteiger partial charge in [-0.1, -0.05) is 33.1 Å². The lowest BCUT2D eigenvalue weighted by Gasteiger charge is -2.32. The molecule has 1 unspecified atom stereocenters. The first-order valence-electron chi connectivity index (χ1n) is 8.48. The van der Waals surface area contributed by atoms with Crippen molar-refractivity contribution in [1.82, 2.24) is 10.6 Å². The molecule has 0 saturated heterocycles. The maximum Gasteiger partial charge on any atom is 0.407 e. The summed E-state index contributed by atoms with van der Waals surface area (Å²) >= 11 is 0. The Balaban J connectivity index is 2.43. The van der Waals surface area contributed by atoms with E-state index in [0.717, 1.165) is 19.4 Å². The number of ether oxygens (including phenoxy) is 1. The summed E-state index contributed by atoms with van der Waals surface area (Å²) in [5.41, 5.74) is -0.366. The van der Waals surface area contributed by atoms with Crippen molar-refractivity contribution in [2.75, 3.05) is 13.1 Å². The second kappa shape index (κ2) is 8.02. The maximum absolute atomic E-state index is 11.8. The lowest BCUT2D eigenvalue weighted by Crippen LogP contribution is -2.53. The van der Waals surface area contributed by atoms with Crippen LogP contribution < -0.4 is 10.6 Å². The average Bonchev–Trinajstić information content (AvgIpc) is 2.82. The molecule has 0 aromatic heterocycles. The van der Waals surface area contributed by atoms with Crippen LogP contribution in [-0.2, 0) is 4.74 Å². The Kier molecular flexibility index (Phi) is 6.98. The number of amides is 1. The Hall–Kier alpha value is -0.770. The van der Waals surface area contributed by atoms with Crippen LogP contribution in [0.3, 0.4) is 0 Å². The lowest BCUT2D eigenvalue weighted by molar-refractivity contribution is 0.0509. The van der Waals surface area contributed by atoms with Gasteiger partial charge in [-0.3, -0.25) is 0 Å². The van der Waals surface area contributed by atoms with Gasteiger partial charge in [-0.2, -0.15) is 0 Å². The van der Waals surface area contributed by atoms with Crippen molar-refractivity contribution in [3.63, 3.8) is 0 Å². The van der Waals surface area contributed by atoms with Gasteiger partial charge in [0.25, 0.3) is 0 Å². The van der Waals surface area contributed by atoms with Crippen LogP contribution in [-0.4, -0.2) is 30.3 Å². The zero-order chi connectivity index (χ0) is 15.9. The minimum atomic E-state index is -0.435.